The molecule has 3 heteroatoms. The van der Waals surface area contributed by atoms with Gasteiger partial charge in [-0.25, -0.2) is 0 Å². The highest BCUT2D eigenvalue weighted by molar-refractivity contribution is 5.75. The van der Waals surface area contributed by atoms with Crippen molar-refractivity contribution in [3.63, 3.8) is 0 Å². The van der Waals surface area contributed by atoms with Gasteiger partial charge in [-0.2, -0.15) is 0 Å². The monoisotopic (exact) mass is 213 g/mol. The first-order chi connectivity index (χ1) is 7.19. The lowest BCUT2D eigenvalue weighted by atomic mass is 9.78. The molecular formula is C12H23NO2. The normalized spacial score (nSPS) is 28.5. The maximum Gasteiger partial charge on any atom is 0.323 e. The number of ether oxygens (including phenoxy) is 1. The van der Waals surface area contributed by atoms with Crippen LogP contribution in [0.4, 0.5) is 0 Å². The molecule has 88 valence electrons. The van der Waals surface area contributed by atoms with Crippen LogP contribution in [0.25, 0.3) is 0 Å². The number of rotatable bonds is 4. The predicted molar refractivity (Wildman–Crippen MR) is 60.3 cm³/mol. The molecule has 0 aromatic carbocycles. The fourth-order valence-corrected chi connectivity index (χ4v) is 2.39. The van der Waals surface area contributed by atoms with E-state index in [1.807, 2.05) is 6.92 Å². The van der Waals surface area contributed by atoms with Gasteiger partial charge in [0, 0.05) is 0 Å². The van der Waals surface area contributed by atoms with Crippen LogP contribution >= 0.6 is 0 Å². The van der Waals surface area contributed by atoms with Gasteiger partial charge in [0.05, 0.1) is 6.61 Å². The predicted octanol–water partition coefficient (Wildman–Crippen LogP) is 2.09. The second-order valence-corrected chi connectivity index (χ2v) is 4.47. The average Bonchev–Trinajstić information content (AvgIpc) is 2.28. The van der Waals surface area contributed by atoms with Gasteiger partial charge < -0.3 is 10.5 Å². The summed E-state index contributed by atoms with van der Waals surface area (Å²) in [5.41, 5.74) is 5.89. The minimum absolute atomic E-state index is 0.225. The van der Waals surface area contributed by atoms with Crippen LogP contribution in [0.15, 0.2) is 0 Å². The first-order valence-electron chi connectivity index (χ1n) is 6.11. The molecule has 1 atom stereocenters. The number of hydrogen-bond acceptors (Lipinski definition) is 3. The standard InChI is InChI=1S/C12H23NO2/c1-3-9-5-7-10(8-6-9)11(13)12(14)15-4-2/h9-11H,3-8,13H2,1-2H3. The zero-order valence-corrected chi connectivity index (χ0v) is 9.87. The third-order valence-corrected chi connectivity index (χ3v) is 3.54. The van der Waals surface area contributed by atoms with E-state index < -0.39 is 6.04 Å². The van der Waals surface area contributed by atoms with Crippen LogP contribution < -0.4 is 5.73 Å². The highest BCUT2D eigenvalue weighted by Gasteiger charge is 2.29. The van der Waals surface area contributed by atoms with Crippen LogP contribution in [-0.2, 0) is 9.53 Å². The second kappa shape index (κ2) is 6.11. The second-order valence-electron chi connectivity index (χ2n) is 4.47. The molecule has 0 heterocycles. The summed E-state index contributed by atoms with van der Waals surface area (Å²) in [6.07, 6.45) is 5.85. The summed E-state index contributed by atoms with van der Waals surface area (Å²) in [7, 11) is 0. The van der Waals surface area contributed by atoms with Gasteiger partial charge in [0.1, 0.15) is 6.04 Å². The molecule has 0 aromatic rings. The molecule has 1 saturated carbocycles. The van der Waals surface area contributed by atoms with Gasteiger partial charge in [0.2, 0.25) is 0 Å². The van der Waals surface area contributed by atoms with E-state index in [1.54, 1.807) is 0 Å². The van der Waals surface area contributed by atoms with Crippen molar-refractivity contribution >= 4 is 5.97 Å². The highest BCUT2D eigenvalue weighted by Crippen LogP contribution is 2.32. The Morgan fingerprint density at radius 1 is 1.33 bits per heavy atom. The van der Waals surface area contributed by atoms with Crippen molar-refractivity contribution in [1.29, 1.82) is 0 Å². The van der Waals surface area contributed by atoms with Crippen molar-refractivity contribution in [1.82, 2.24) is 0 Å². The highest BCUT2D eigenvalue weighted by atomic mass is 16.5. The van der Waals surface area contributed by atoms with Crippen LogP contribution in [0.1, 0.15) is 46.0 Å². The van der Waals surface area contributed by atoms with Gasteiger partial charge in [0.25, 0.3) is 0 Å². The fourth-order valence-electron chi connectivity index (χ4n) is 2.39. The first-order valence-corrected chi connectivity index (χ1v) is 6.11. The summed E-state index contributed by atoms with van der Waals surface area (Å²) in [6.45, 7) is 4.48. The Bertz CT molecular complexity index is 198. The third kappa shape index (κ3) is 3.49. The van der Waals surface area contributed by atoms with Crippen molar-refractivity contribution in [2.45, 2.75) is 52.0 Å². The Balaban J connectivity index is 2.35. The summed E-state index contributed by atoms with van der Waals surface area (Å²) < 4.78 is 4.95. The molecule has 3 nitrogen and oxygen atoms in total. The van der Waals surface area contributed by atoms with E-state index in [0.717, 1.165) is 18.8 Å². The summed E-state index contributed by atoms with van der Waals surface area (Å²) in [5, 5.41) is 0. The Morgan fingerprint density at radius 2 is 1.93 bits per heavy atom. The quantitative estimate of drug-likeness (QED) is 0.727. The van der Waals surface area contributed by atoms with E-state index in [4.69, 9.17) is 10.5 Å². The molecule has 0 spiro atoms. The molecule has 1 aliphatic carbocycles. The van der Waals surface area contributed by atoms with Gasteiger partial charge in [0.15, 0.2) is 0 Å². The molecule has 0 aromatic heterocycles. The minimum atomic E-state index is -0.400. The lowest BCUT2D eigenvalue weighted by Gasteiger charge is -2.30. The first kappa shape index (κ1) is 12.5. The SMILES string of the molecule is CCOC(=O)C(N)C1CCC(CC)CC1. The molecule has 1 unspecified atom stereocenters. The van der Waals surface area contributed by atoms with Crippen LogP contribution in [0.5, 0.6) is 0 Å². The Hall–Kier alpha value is -0.570. The summed E-state index contributed by atoms with van der Waals surface area (Å²) in [6, 6.07) is -0.400. The van der Waals surface area contributed by atoms with Crippen molar-refractivity contribution in [3.05, 3.63) is 0 Å². The zero-order chi connectivity index (χ0) is 11.3. The Kier molecular flexibility index (Phi) is 5.09. The van der Waals surface area contributed by atoms with Gasteiger partial charge in [-0.05, 0) is 31.6 Å². The molecule has 0 aliphatic heterocycles. The topological polar surface area (TPSA) is 52.3 Å². The molecule has 0 bridgehead atoms. The van der Waals surface area contributed by atoms with Crippen molar-refractivity contribution in [2.75, 3.05) is 6.61 Å². The van der Waals surface area contributed by atoms with Gasteiger partial charge in [-0.15, -0.1) is 0 Å². The number of carbonyl (C=O) groups is 1. The van der Waals surface area contributed by atoms with E-state index in [2.05, 4.69) is 6.92 Å². The van der Waals surface area contributed by atoms with E-state index in [1.165, 1.54) is 19.3 Å². The van der Waals surface area contributed by atoms with Crippen molar-refractivity contribution in [3.8, 4) is 0 Å². The number of nitrogens with two attached hydrogens (primary N) is 1. The molecular weight excluding hydrogens is 190 g/mol. The smallest absolute Gasteiger partial charge is 0.323 e. The average molecular weight is 213 g/mol. The molecule has 0 radical (unpaired) electrons. The van der Waals surface area contributed by atoms with E-state index in [0.29, 0.717) is 12.5 Å². The molecule has 15 heavy (non-hydrogen) atoms. The van der Waals surface area contributed by atoms with Crippen LogP contribution in [-0.4, -0.2) is 18.6 Å². The molecule has 1 aliphatic rings. The fraction of sp³-hybridized carbons (Fsp3) is 0.917. The van der Waals surface area contributed by atoms with E-state index in [-0.39, 0.29) is 5.97 Å². The zero-order valence-electron chi connectivity index (χ0n) is 9.87. The van der Waals surface area contributed by atoms with Gasteiger partial charge in [-0.3, -0.25) is 4.79 Å². The third-order valence-electron chi connectivity index (χ3n) is 3.54. The van der Waals surface area contributed by atoms with Crippen molar-refractivity contribution in [2.24, 2.45) is 17.6 Å². The summed E-state index contributed by atoms with van der Waals surface area (Å²) >= 11 is 0. The van der Waals surface area contributed by atoms with Gasteiger partial charge in [-0.1, -0.05) is 26.2 Å². The molecule has 1 fully saturated rings. The van der Waals surface area contributed by atoms with Gasteiger partial charge >= 0.3 is 5.97 Å². The Morgan fingerprint density at radius 3 is 2.40 bits per heavy atom. The largest absolute Gasteiger partial charge is 0.465 e. The van der Waals surface area contributed by atoms with E-state index >= 15 is 0 Å². The number of hydrogen-bond donors (Lipinski definition) is 1. The molecule has 0 saturated heterocycles. The maximum absolute atomic E-state index is 11.4. The Labute approximate surface area is 92.4 Å². The number of carbonyl (C=O) groups excluding carboxylic acids is 1. The molecule has 2 N–H and O–H groups in total. The summed E-state index contributed by atoms with van der Waals surface area (Å²) in [5.74, 6) is 0.958. The van der Waals surface area contributed by atoms with Crippen LogP contribution in [0, 0.1) is 11.8 Å². The summed E-state index contributed by atoms with van der Waals surface area (Å²) in [4.78, 5) is 11.4. The van der Waals surface area contributed by atoms with Crippen molar-refractivity contribution < 1.29 is 9.53 Å². The van der Waals surface area contributed by atoms with Crippen LogP contribution in [0.3, 0.4) is 0 Å². The lowest BCUT2D eigenvalue weighted by molar-refractivity contribution is -0.146. The molecule has 0 amide bonds. The van der Waals surface area contributed by atoms with Crippen LogP contribution in [0.2, 0.25) is 0 Å². The minimum Gasteiger partial charge on any atom is -0.465 e. The molecule has 1 rings (SSSR count). The maximum atomic E-state index is 11.4. The van der Waals surface area contributed by atoms with E-state index in [9.17, 15) is 4.79 Å². The lowest BCUT2D eigenvalue weighted by Crippen LogP contribution is -2.41. The number of esters is 1.